The molecule has 0 aromatic heterocycles. The van der Waals surface area contributed by atoms with Gasteiger partial charge in [-0.3, -0.25) is 4.99 Å². The van der Waals surface area contributed by atoms with E-state index in [0.29, 0.717) is 6.04 Å². The second kappa shape index (κ2) is 10.1. The number of rotatable bonds is 3. The monoisotopic (exact) mass is 281 g/mol. The fraction of sp³-hybridized carbons (Fsp3) is 0.941. The lowest BCUT2D eigenvalue weighted by Gasteiger charge is -2.26. The number of nitrogens with zero attached hydrogens (tertiary/aromatic N) is 1. The standard InChI is InChI=1S/C10H20.C7H15N3/c1-3-9(2)10-7-5-4-6-8-10;8-7(9)10-6-4-2-1-3-5-6/h9-10H,3-8H2,1-2H3;6H,1-5H2,(H4,8,9,10). The van der Waals surface area contributed by atoms with Gasteiger partial charge in [0.05, 0.1) is 6.04 Å². The van der Waals surface area contributed by atoms with E-state index in [9.17, 15) is 0 Å². The van der Waals surface area contributed by atoms with Gasteiger partial charge < -0.3 is 11.5 Å². The van der Waals surface area contributed by atoms with Crippen LogP contribution in [0.1, 0.15) is 84.5 Å². The molecule has 1 unspecified atom stereocenters. The minimum absolute atomic E-state index is 0.243. The van der Waals surface area contributed by atoms with Crippen LogP contribution in [0.15, 0.2) is 4.99 Å². The smallest absolute Gasteiger partial charge is 0.186 e. The summed E-state index contributed by atoms with van der Waals surface area (Å²) in [6, 6.07) is 0.416. The van der Waals surface area contributed by atoms with Gasteiger partial charge in [0, 0.05) is 0 Å². The average molecular weight is 281 g/mol. The zero-order valence-corrected chi connectivity index (χ0v) is 13.6. The minimum atomic E-state index is 0.243. The van der Waals surface area contributed by atoms with Crippen LogP contribution in [0.3, 0.4) is 0 Å². The first-order valence-corrected chi connectivity index (χ1v) is 8.72. The summed E-state index contributed by atoms with van der Waals surface area (Å²) in [5.41, 5.74) is 10.5. The first kappa shape index (κ1) is 17.3. The third-order valence-corrected chi connectivity index (χ3v) is 5.00. The molecule has 0 heterocycles. The molecule has 0 bridgehead atoms. The predicted molar refractivity (Wildman–Crippen MR) is 88.7 cm³/mol. The Balaban J connectivity index is 0.000000200. The molecule has 0 aliphatic heterocycles. The molecule has 0 amide bonds. The minimum Gasteiger partial charge on any atom is -0.370 e. The summed E-state index contributed by atoms with van der Waals surface area (Å²) in [6.45, 7) is 4.73. The fourth-order valence-electron chi connectivity index (χ4n) is 3.46. The SMILES string of the molecule is CCC(C)C1CCCCC1.NC(N)=NC1CCCCC1. The van der Waals surface area contributed by atoms with Crippen LogP contribution in [0.4, 0.5) is 0 Å². The Hall–Kier alpha value is -0.730. The number of nitrogens with two attached hydrogens (primary N) is 2. The number of hydrogen-bond donors (Lipinski definition) is 2. The molecular formula is C17H35N3. The fourth-order valence-corrected chi connectivity index (χ4v) is 3.46. The van der Waals surface area contributed by atoms with Crippen molar-refractivity contribution in [2.45, 2.75) is 90.5 Å². The van der Waals surface area contributed by atoms with E-state index in [-0.39, 0.29) is 5.96 Å². The van der Waals surface area contributed by atoms with E-state index in [1.54, 1.807) is 0 Å². The summed E-state index contributed by atoms with van der Waals surface area (Å²) < 4.78 is 0. The highest BCUT2D eigenvalue weighted by molar-refractivity contribution is 5.75. The Bertz CT molecular complexity index is 259. The van der Waals surface area contributed by atoms with Crippen molar-refractivity contribution in [3.8, 4) is 0 Å². The summed E-state index contributed by atoms with van der Waals surface area (Å²) in [5.74, 6) is 2.30. The highest BCUT2D eigenvalue weighted by Crippen LogP contribution is 2.30. The molecule has 118 valence electrons. The average Bonchev–Trinajstić information content (AvgIpc) is 2.48. The van der Waals surface area contributed by atoms with Crippen LogP contribution >= 0.6 is 0 Å². The second-order valence-corrected chi connectivity index (χ2v) is 6.63. The molecule has 0 aromatic rings. The van der Waals surface area contributed by atoms with E-state index >= 15 is 0 Å². The van der Waals surface area contributed by atoms with E-state index < -0.39 is 0 Å². The summed E-state index contributed by atoms with van der Waals surface area (Å²) in [7, 11) is 0. The Morgan fingerprint density at radius 3 is 1.90 bits per heavy atom. The van der Waals surface area contributed by atoms with E-state index in [1.807, 2.05) is 0 Å². The number of aliphatic imine (C=N–C) groups is 1. The topological polar surface area (TPSA) is 64.4 Å². The summed E-state index contributed by atoms with van der Waals surface area (Å²) in [4.78, 5) is 4.11. The summed E-state index contributed by atoms with van der Waals surface area (Å²) >= 11 is 0. The molecule has 4 N–H and O–H groups in total. The molecule has 2 aliphatic rings. The van der Waals surface area contributed by atoms with Crippen molar-refractivity contribution in [3.63, 3.8) is 0 Å². The van der Waals surface area contributed by atoms with Gasteiger partial charge in [-0.05, 0) is 24.7 Å². The van der Waals surface area contributed by atoms with Gasteiger partial charge in [0.2, 0.25) is 0 Å². The van der Waals surface area contributed by atoms with Crippen molar-refractivity contribution >= 4 is 5.96 Å². The number of hydrogen-bond acceptors (Lipinski definition) is 1. The Kier molecular flexibility index (Phi) is 8.72. The van der Waals surface area contributed by atoms with Gasteiger partial charge >= 0.3 is 0 Å². The van der Waals surface area contributed by atoms with Crippen molar-refractivity contribution in [2.24, 2.45) is 28.3 Å². The molecular weight excluding hydrogens is 246 g/mol. The van der Waals surface area contributed by atoms with Crippen molar-refractivity contribution in [2.75, 3.05) is 0 Å². The van der Waals surface area contributed by atoms with Crippen LogP contribution in [0.5, 0.6) is 0 Å². The molecule has 2 aliphatic carbocycles. The molecule has 2 rings (SSSR count). The maximum Gasteiger partial charge on any atom is 0.186 e. The Morgan fingerprint density at radius 1 is 0.950 bits per heavy atom. The third kappa shape index (κ3) is 7.16. The van der Waals surface area contributed by atoms with Crippen LogP contribution in [0.2, 0.25) is 0 Å². The molecule has 3 nitrogen and oxygen atoms in total. The van der Waals surface area contributed by atoms with E-state index in [1.165, 1.54) is 57.8 Å². The van der Waals surface area contributed by atoms with Gasteiger partial charge in [-0.25, -0.2) is 0 Å². The van der Waals surface area contributed by atoms with Gasteiger partial charge in [0.15, 0.2) is 5.96 Å². The molecule has 3 heteroatoms. The lowest BCUT2D eigenvalue weighted by atomic mass is 9.80. The largest absolute Gasteiger partial charge is 0.370 e. The molecule has 20 heavy (non-hydrogen) atoms. The Morgan fingerprint density at radius 2 is 1.45 bits per heavy atom. The second-order valence-electron chi connectivity index (χ2n) is 6.63. The van der Waals surface area contributed by atoms with Crippen molar-refractivity contribution in [3.05, 3.63) is 0 Å². The van der Waals surface area contributed by atoms with E-state index in [0.717, 1.165) is 24.7 Å². The molecule has 0 aromatic carbocycles. The van der Waals surface area contributed by atoms with Crippen LogP contribution < -0.4 is 11.5 Å². The molecule has 2 fully saturated rings. The molecule has 2 saturated carbocycles. The van der Waals surface area contributed by atoms with Crippen molar-refractivity contribution < 1.29 is 0 Å². The van der Waals surface area contributed by atoms with Crippen molar-refractivity contribution in [1.29, 1.82) is 0 Å². The van der Waals surface area contributed by atoms with Gasteiger partial charge in [0.25, 0.3) is 0 Å². The first-order valence-electron chi connectivity index (χ1n) is 8.72. The molecule has 1 atom stereocenters. The zero-order chi connectivity index (χ0) is 14.8. The summed E-state index contributed by atoms with van der Waals surface area (Å²) in [6.07, 6.45) is 15.1. The first-order chi connectivity index (χ1) is 9.63. The lowest BCUT2D eigenvalue weighted by molar-refractivity contribution is 0.258. The predicted octanol–water partition coefficient (Wildman–Crippen LogP) is 4.21. The van der Waals surface area contributed by atoms with Crippen LogP contribution in [-0.2, 0) is 0 Å². The Labute approximate surface area is 125 Å². The lowest BCUT2D eigenvalue weighted by Crippen LogP contribution is -2.26. The maximum absolute atomic E-state index is 5.25. The number of guanidine groups is 1. The van der Waals surface area contributed by atoms with Crippen LogP contribution in [0, 0.1) is 11.8 Å². The van der Waals surface area contributed by atoms with Crippen molar-refractivity contribution in [1.82, 2.24) is 0 Å². The van der Waals surface area contributed by atoms with Gasteiger partial charge in [-0.15, -0.1) is 0 Å². The highest BCUT2D eigenvalue weighted by atomic mass is 15.0. The summed E-state index contributed by atoms with van der Waals surface area (Å²) in [5, 5.41) is 0. The van der Waals surface area contributed by atoms with Gasteiger partial charge in [-0.1, -0.05) is 71.6 Å². The zero-order valence-electron chi connectivity index (χ0n) is 13.6. The van der Waals surface area contributed by atoms with Gasteiger partial charge in [0.1, 0.15) is 0 Å². The highest BCUT2D eigenvalue weighted by Gasteiger charge is 2.17. The van der Waals surface area contributed by atoms with Crippen LogP contribution in [0.25, 0.3) is 0 Å². The van der Waals surface area contributed by atoms with Gasteiger partial charge in [-0.2, -0.15) is 0 Å². The molecule has 0 spiro atoms. The normalized spacial score (nSPS) is 22.5. The quantitative estimate of drug-likeness (QED) is 0.601. The maximum atomic E-state index is 5.25. The third-order valence-electron chi connectivity index (χ3n) is 5.00. The van der Waals surface area contributed by atoms with Crippen LogP contribution in [-0.4, -0.2) is 12.0 Å². The van der Waals surface area contributed by atoms with E-state index in [2.05, 4.69) is 18.8 Å². The van der Waals surface area contributed by atoms with E-state index in [4.69, 9.17) is 11.5 Å². The molecule has 0 radical (unpaired) electrons. The molecule has 0 saturated heterocycles.